The van der Waals surface area contributed by atoms with E-state index in [1.54, 1.807) is 22.2 Å². The topological polar surface area (TPSA) is 72.9 Å². The summed E-state index contributed by atoms with van der Waals surface area (Å²) in [5.41, 5.74) is 8.85. The van der Waals surface area contributed by atoms with Crippen LogP contribution in [0.4, 0.5) is 10.1 Å². The van der Waals surface area contributed by atoms with Gasteiger partial charge in [0.05, 0.1) is 10.7 Å². The minimum Gasteiger partial charge on any atom is -0.326 e. The molecule has 0 saturated carbocycles. The van der Waals surface area contributed by atoms with Crippen LogP contribution in [0, 0.1) is 11.7 Å². The Morgan fingerprint density at radius 3 is 2.85 bits per heavy atom. The van der Waals surface area contributed by atoms with Crippen molar-refractivity contribution in [3.63, 3.8) is 0 Å². The van der Waals surface area contributed by atoms with Crippen LogP contribution in [0.25, 0.3) is 11.3 Å². The van der Waals surface area contributed by atoms with E-state index in [0.717, 1.165) is 16.1 Å². The second kappa shape index (κ2) is 8.21. The van der Waals surface area contributed by atoms with Gasteiger partial charge < -0.3 is 11.1 Å². The number of halogens is 2. The molecule has 0 aliphatic heterocycles. The first-order valence-corrected chi connectivity index (χ1v) is 9.69. The molecule has 0 saturated heterocycles. The van der Waals surface area contributed by atoms with Crippen LogP contribution in [-0.2, 0) is 11.8 Å². The standard InChI is InChI=1S/C19H20ClFN4OS/c1-11(19(26)24-13-3-4-15(21)14(20)9-13)7-16(22)18-8-12(10-27-18)17-5-6-23-25(17)2/h3-6,8-11,16H,7,22H2,1-2H3,(H,24,26)/t11-,16+/m0/s1. The Bertz CT molecular complexity index is 955. The van der Waals surface area contributed by atoms with E-state index >= 15 is 0 Å². The number of carbonyl (C=O) groups is 1. The highest BCUT2D eigenvalue weighted by Gasteiger charge is 2.20. The Labute approximate surface area is 166 Å². The van der Waals surface area contributed by atoms with Gasteiger partial charge in [-0.2, -0.15) is 5.10 Å². The van der Waals surface area contributed by atoms with Crippen molar-refractivity contribution in [2.75, 3.05) is 5.32 Å². The van der Waals surface area contributed by atoms with Gasteiger partial charge in [0.2, 0.25) is 5.91 Å². The van der Waals surface area contributed by atoms with Crippen molar-refractivity contribution in [1.29, 1.82) is 0 Å². The molecule has 0 spiro atoms. The number of hydrogen-bond acceptors (Lipinski definition) is 4. The summed E-state index contributed by atoms with van der Waals surface area (Å²) in [6.07, 6.45) is 2.24. The molecule has 2 heterocycles. The van der Waals surface area contributed by atoms with Gasteiger partial charge in [-0.1, -0.05) is 18.5 Å². The molecule has 5 nitrogen and oxygen atoms in total. The Balaban J connectivity index is 1.62. The van der Waals surface area contributed by atoms with Gasteiger partial charge in [0, 0.05) is 46.7 Å². The molecule has 27 heavy (non-hydrogen) atoms. The molecule has 0 aliphatic rings. The number of nitrogens with zero attached hydrogens (tertiary/aromatic N) is 2. The highest BCUT2D eigenvalue weighted by atomic mass is 35.5. The van der Waals surface area contributed by atoms with Crippen molar-refractivity contribution in [3.8, 4) is 11.3 Å². The summed E-state index contributed by atoms with van der Waals surface area (Å²) in [6.45, 7) is 1.82. The van der Waals surface area contributed by atoms with Gasteiger partial charge in [-0.3, -0.25) is 9.48 Å². The lowest BCUT2D eigenvalue weighted by Gasteiger charge is -2.16. The number of aromatic nitrogens is 2. The summed E-state index contributed by atoms with van der Waals surface area (Å²) in [4.78, 5) is 13.4. The molecular formula is C19H20ClFN4OS. The van der Waals surface area contributed by atoms with Gasteiger partial charge in [0.1, 0.15) is 5.82 Å². The second-order valence-electron chi connectivity index (χ2n) is 6.44. The molecule has 0 unspecified atom stereocenters. The molecular weight excluding hydrogens is 387 g/mol. The highest BCUT2D eigenvalue weighted by molar-refractivity contribution is 7.10. The fourth-order valence-corrected chi connectivity index (χ4v) is 3.88. The van der Waals surface area contributed by atoms with Crippen molar-refractivity contribution >= 4 is 34.5 Å². The van der Waals surface area contributed by atoms with Gasteiger partial charge in [-0.25, -0.2) is 4.39 Å². The van der Waals surface area contributed by atoms with Crippen LogP contribution in [0.2, 0.25) is 5.02 Å². The van der Waals surface area contributed by atoms with Gasteiger partial charge in [-0.05, 0) is 36.8 Å². The average Bonchev–Trinajstić information content (AvgIpc) is 3.26. The minimum absolute atomic E-state index is 0.0292. The van der Waals surface area contributed by atoms with Crippen LogP contribution in [0.5, 0.6) is 0 Å². The molecule has 1 aromatic carbocycles. The number of benzene rings is 1. The van der Waals surface area contributed by atoms with Crippen LogP contribution in [-0.4, -0.2) is 15.7 Å². The Morgan fingerprint density at radius 2 is 2.19 bits per heavy atom. The average molecular weight is 407 g/mol. The third kappa shape index (κ3) is 4.55. The lowest BCUT2D eigenvalue weighted by molar-refractivity contribution is -0.119. The number of nitrogens with two attached hydrogens (primary N) is 1. The molecule has 2 atom stereocenters. The summed E-state index contributed by atoms with van der Waals surface area (Å²) in [5, 5.41) is 8.93. The van der Waals surface area contributed by atoms with Crippen molar-refractivity contribution in [2.45, 2.75) is 19.4 Å². The Morgan fingerprint density at radius 1 is 1.41 bits per heavy atom. The highest BCUT2D eigenvalue weighted by Crippen LogP contribution is 2.31. The predicted molar refractivity (Wildman–Crippen MR) is 107 cm³/mol. The van der Waals surface area contributed by atoms with Crippen molar-refractivity contribution in [1.82, 2.24) is 9.78 Å². The fourth-order valence-electron chi connectivity index (χ4n) is 2.78. The lowest BCUT2D eigenvalue weighted by atomic mass is 10.00. The number of thiophene rings is 1. The van der Waals surface area contributed by atoms with E-state index in [-0.39, 0.29) is 22.9 Å². The molecule has 0 radical (unpaired) electrons. The number of amides is 1. The molecule has 2 aromatic heterocycles. The third-order valence-electron chi connectivity index (χ3n) is 4.34. The molecule has 0 fully saturated rings. The first kappa shape index (κ1) is 19.5. The monoisotopic (exact) mass is 406 g/mol. The maximum Gasteiger partial charge on any atom is 0.227 e. The van der Waals surface area contributed by atoms with Gasteiger partial charge in [-0.15, -0.1) is 11.3 Å². The number of nitrogens with one attached hydrogen (secondary N) is 1. The number of hydrogen-bond donors (Lipinski definition) is 2. The molecule has 3 N–H and O–H groups in total. The number of rotatable bonds is 6. The first-order valence-electron chi connectivity index (χ1n) is 8.43. The van der Waals surface area contributed by atoms with Crippen LogP contribution in [0.1, 0.15) is 24.3 Å². The van der Waals surface area contributed by atoms with Gasteiger partial charge in [0.15, 0.2) is 0 Å². The molecule has 0 aliphatic carbocycles. The molecule has 3 rings (SSSR count). The molecule has 8 heteroatoms. The summed E-state index contributed by atoms with van der Waals surface area (Å²) in [6, 6.07) is 7.82. The van der Waals surface area contributed by atoms with E-state index in [0.29, 0.717) is 12.1 Å². The van der Waals surface area contributed by atoms with Crippen LogP contribution in [0.3, 0.4) is 0 Å². The van der Waals surface area contributed by atoms with Crippen LogP contribution in [0.15, 0.2) is 41.9 Å². The fraction of sp³-hybridized carbons (Fsp3) is 0.263. The quantitative estimate of drug-likeness (QED) is 0.628. The zero-order valence-electron chi connectivity index (χ0n) is 14.9. The normalized spacial score (nSPS) is 13.4. The zero-order chi connectivity index (χ0) is 19.6. The Kier molecular flexibility index (Phi) is 5.94. The molecule has 0 bridgehead atoms. The summed E-state index contributed by atoms with van der Waals surface area (Å²) < 4.78 is 15.0. The van der Waals surface area contributed by atoms with Crippen molar-refractivity contribution in [3.05, 3.63) is 57.6 Å². The summed E-state index contributed by atoms with van der Waals surface area (Å²) in [5.74, 6) is -1.02. The van der Waals surface area contributed by atoms with Crippen LogP contribution < -0.4 is 11.1 Å². The largest absolute Gasteiger partial charge is 0.326 e. The van der Waals surface area contributed by atoms with E-state index in [2.05, 4.69) is 10.4 Å². The summed E-state index contributed by atoms with van der Waals surface area (Å²) >= 11 is 7.31. The van der Waals surface area contributed by atoms with E-state index in [1.807, 2.05) is 31.5 Å². The molecule has 3 aromatic rings. The maximum absolute atomic E-state index is 13.2. The van der Waals surface area contributed by atoms with Gasteiger partial charge in [0.25, 0.3) is 0 Å². The van der Waals surface area contributed by atoms with Crippen LogP contribution >= 0.6 is 22.9 Å². The first-order chi connectivity index (χ1) is 12.8. The number of anilines is 1. The van der Waals surface area contributed by atoms with E-state index in [9.17, 15) is 9.18 Å². The predicted octanol–water partition coefficient (Wildman–Crippen LogP) is 4.61. The van der Waals surface area contributed by atoms with Crippen molar-refractivity contribution < 1.29 is 9.18 Å². The minimum atomic E-state index is -0.522. The maximum atomic E-state index is 13.2. The van der Waals surface area contributed by atoms with E-state index in [4.69, 9.17) is 17.3 Å². The smallest absolute Gasteiger partial charge is 0.227 e. The molecule has 142 valence electrons. The van der Waals surface area contributed by atoms with Crippen molar-refractivity contribution in [2.24, 2.45) is 18.7 Å². The SMILES string of the molecule is C[C@@H](C[C@@H](N)c1cc(-c2ccnn2C)cs1)C(=O)Nc1ccc(F)c(Cl)c1. The van der Waals surface area contributed by atoms with E-state index < -0.39 is 5.82 Å². The summed E-state index contributed by atoms with van der Waals surface area (Å²) in [7, 11) is 1.89. The van der Waals surface area contributed by atoms with E-state index in [1.165, 1.54) is 18.2 Å². The zero-order valence-corrected chi connectivity index (χ0v) is 16.5. The second-order valence-corrected chi connectivity index (χ2v) is 7.79. The number of aryl methyl sites for hydroxylation is 1. The third-order valence-corrected chi connectivity index (χ3v) is 5.70. The molecule has 1 amide bonds. The lowest BCUT2D eigenvalue weighted by Crippen LogP contribution is -2.24. The number of carbonyl (C=O) groups excluding carboxylic acids is 1. The van der Waals surface area contributed by atoms with Gasteiger partial charge >= 0.3 is 0 Å². The Hall–Kier alpha value is -2.22.